The quantitative estimate of drug-likeness (QED) is 0.0240. The van der Waals surface area contributed by atoms with Crippen molar-refractivity contribution in [2.24, 2.45) is 35.0 Å². The number of fused-ring (bicyclic) bond motifs is 7. The Kier molecular flexibility index (Phi) is 24.0. The second kappa shape index (κ2) is 32.0. The van der Waals surface area contributed by atoms with Gasteiger partial charge in [0.1, 0.15) is 17.5 Å². The number of imide groups is 1. The molecule has 1 aliphatic carbocycles. The van der Waals surface area contributed by atoms with E-state index >= 15 is 0 Å². The van der Waals surface area contributed by atoms with Crippen LogP contribution in [0.15, 0.2) is 60.7 Å². The van der Waals surface area contributed by atoms with Gasteiger partial charge in [0.05, 0.1) is 16.4 Å². The minimum absolute atomic E-state index is 0.0101. The molecule has 0 spiro atoms. The summed E-state index contributed by atoms with van der Waals surface area (Å²) < 4.78 is 148. The van der Waals surface area contributed by atoms with Crippen molar-refractivity contribution in [3.05, 3.63) is 141 Å². The summed E-state index contributed by atoms with van der Waals surface area (Å²) in [7, 11) is -3.30. The van der Waals surface area contributed by atoms with Crippen LogP contribution < -0.4 is 32.6 Å². The predicted octanol–water partition coefficient (Wildman–Crippen LogP) is 7.42. The van der Waals surface area contributed by atoms with E-state index in [1.165, 1.54) is 6.92 Å². The van der Waals surface area contributed by atoms with E-state index in [2.05, 4.69) is 15.4 Å². The fourth-order valence-electron chi connectivity index (χ4n) is 15.9. The molecule has 29 heteroatoms. The Labute approximate surface area is 568 Å². The molecule has 4 aromatic carbocycles. The van der Waals surface area contributed by atoms with Crippen LogP contribution in [0, 0.1) is 70.1 Å². The van der Waals surface area contributed by atoms with Gasteiger partial charge in [0.2, 0.25) is 39.6 Å². The lowest BCUT2D eigenvalue weighted by molar-refractivity contribution is -0.137. The number of nitrogens with zero attached hydrogens (tertiary/aromatic N) is 4. The second-order valence-corrected chi connectivity index (χ2v) is 29.8. The summed E-state index contributed by atoms with van der Waals surface area (Å²) in [6, 6.07) is 9.67. The normalized spacial score (nSPS) is 24.5. The van der Waals surface area contributed by atoms with Crippen LogP contribution in [0.4, 0.5) is 39.5 Å². The molecule has 6 bridgehead atoms. The van der Waals surface area contributed by atoms with Crippen LogP contribution in [0.5, 0.6) is 0 Å². The fraction of sp³-hybridized carbons (Fsp3) is 0.557. The lowest BCUT2D eigenvalue weighted by Gasteiger charge is -2.41. The Bertz CT molecular complexity index is 3740. The summed E-state index contributed by atoms with van der Waals surface area (Å²) in [4.78, 5) is 93.2. The molecule has 0 aromatic heterocycles. The van der Waals surface area contributed by atoms with Crippen molar-refractivity contribution in [2.45, 2.75) is 201 Å². The number of carbonyl (C=O) groups excluding carboxylic acids is 7. The first-order chi connectivity index (χ1) is 47.0. The van der Waals surface area contributed by atoms with Gasteiger partial charge in [0.25, 0.3) is 11.8 Å². The number of nitrogens with one attached hydrogen (secondary N) is 3. The fourth-order valence-corrected chi connectivity index (χ4v) is 17.3. The first kappa shape index (κ1) is 74.2. The number of carbonyl (C=O) groups is 7. The van der Waals surface area contributed by atoms with Crippen LogP contribution in [-0.2, 0) is 53.3 Å². The topological polar surface area (TPSA) is 281 Å². The van der Waals surface area contributed by atoms with Crippen molar-refractivity contribution < 1.29 is 81.5 Å². The highest BCUT2D eigenvalue weighted by atomic mass is 32.2. The number of amides is 7. The lowest BCUT2D eigenvalue weighted by atomic mass is 9.82. The molecule has 9 N–H and O–H groups in total. The molecule has 4 aromatic rings. The highest BCUT2D eigenvalue weighted by Gasteiger charge is 2.48. The molecule has 99 heavy (non-hydrogen) atoms. The summed E-state index contributed by atoms with van der Waals surface area (Å²) in [5.74, 6) is -10.7. The van der Waals surface area contributed by atoms with Gasteiger partial charge in [0.15, 0.2) is 34.9 Å². The number of benzene rings is 4. The highest BCUT2D eigenvalue weighted by molar-refractivity contribution is 7.90. The number of rotatable bonds is 23. The first-order valence-corrected chi connectivity index (χ1v) is 35.6. The Morgan fingerprint density at radius 3 is 1.09 bits per heavy atom. The minimum atomic E-state index is -3.30. The van der Waals surface area contributed by atoms with Crippen molar-refractivity contribution in [3.63, 3.8) is 0 Å². The van der Waals surface area contributed by atoms with Crippen LogP contribution in [-0.4, -0.2) is 155 Å². The van der Waals surface area contributed by atoms with E-state index in [0.717, 1.165) is 74.5 Å². The molecule has 6 saturated heterocycles. The van der Waals surface area contributed by atoms with Crippen LogP contribution in [0.25, 0.3) is 0 Å². The molecule has 7 aliphatic heterocycles. The van der Waals surface area contributed by atoms with Crippen LogP contribution >= 0.6 is 0 Å². The van der Waals surface area contributed by atoms with E-state index in [9.17, 15) is 81.5 Å². The van der Waals surface area contributed by atoms with Crippen molar-refractivity contribution in [1.29, 1.82) is 0 Å². The summed E-state index contributed by atoms with van der Waals surface area (Å²) in [6.45, 7) is 1.93. The van der Waals surface area contributed by atoms with Crippen LogP contribution in [0.1, 0.15) is 160 Å². The molecular formula is C70H85F9N10O9S. The lowest BCUT2D eigenvalue weighted by Crippen LogP contribution is -2.50. The number of hydrogen-bond donors (Lipinski definition) is 6. The highest BCUT2D eigenvalue weighted by Crippen LogP contribution is 2.44. The minimum Gasteiger partial charge on any atom is -0.356 e. The van der Waals surface area contributed by atoms with E-state index < -0.39 is 86.3 Å². The number of piperidine rings is 3. The van der Waals surface area contributed by atoms with E-state index in [4.69, 9.17) is 17.2 Å². The maximum Gasteiger partial charge on any atom is 0.261 e. The van der Waals surface area contributed by atoms with E-state index in [1.807, 2.05) is 14.7 Å². The van der Waals surface area contributed by atoms with Gasteiger partial charge in [-0.15, -0.1) is 0 Å². The van der Waals surface area contributed by atoms with Crippen molar-refractivity contribution in [3.8, 4) is 0 Å². The SMILES string of the molecule is CC(=O)NCCC(=O)N1[C@@H]2CC[C@H]1CC([C@H](N)Cc1cc(F)c(F)cc1F)C2.N[C@H](Cc1cc(F)c(F)cc1F)C1C[C@H]2CC[C@@H](C1)N2C(=O)CCNC(=O)CCN1C(=O)c2ccccc2C1=O.N[C@H](Cc1cc(F)c(F)cc1F)C1C[C@H]2CC[C@@H](C1)N2C(=O)CCNS(=O)(=O)C1CC1. The Balaban J connectivity index is 0.000000164. The number of nitrogens with two attached hydrogens (primary N) is 3. The van der Waals surface area contributed by atoms with Gasteiger partial charge in [-0.3, -0.25) is 38.5 Å². The maximum absolute atomic E-state index is 14.1. The van der Waals surface area contributed by atoms with E-state index in [-0.39, 0.29) is 176 Å². The molecule has 12 rings (SSSR count). The zero-order chi connectivity index (χ0) is 71.3. The number of hydrogen-bond acceptors (Lipinski definition) is 12. The van der Waals surface area contributed by atoms with Crippen molar-refractivity contribution in [2.75, 3.05) is 26.2 Å². The van der Waals surface area contributed by atoms with Gasteiger partial charge in [-0.2, -0.15) is 0 Å². The second-order valence-electron chi connectivity index (χ2n) is 27.7. The zero-order valence-electron chi connectivity index (χ0n) is 55.0. The van der Waals surface area contributed by atoms with Crippen LogP contribution in [0.3, 0.4) is 0 Å². The molecule has 12 atom stereocenters. The van der Waals surface area contributed by atoms with Gasteiger partial charge in [0, 0.05) is 131 Å². The number of halogens is 9. The first-order valence-electron chi connectivity index (χ1n) is 34.1. The summed E-state index contributed by atoms with van der Waals surface area (Å²) in [5, 5.41) is 5.02. The summed E-state index contributed by atoms with van der Waals surface area (Å²) >= 11 is 0. The standard InChI is InChI=1S/C29H31F3N4O4.C21H28F3N3O3S.C20H26F3N3O2/c30-22-15-24(32)23(31)13-16(22)14-25(33)17-11-18-5-6-19(12-17)36(18)27(38)7-9-34-26(37)8-10-35-28(39)20-3-1-2-4-21(20)29(35)40;22-17-11-19(24)18(23)9-12(17)10-20(25)13-7-14-1-2-15(8-13)27(14)21(28)5-6-26-31(29,30)16-3-4-16;1-11(27)25-5-4-20(28)26-14-2-3-15(26)7-13(6-14)19(24)9-12-8-17(22)18(23)10-16(12)21/h1-4,13,15,17-19,25H,5-12,14,33H2,(H,34,37);9,11,13-16,20,26H,1-8,10,25H2;8,10,13-15,19H,2-7,9,24H2,1H3,(H,25,27)/t17?,18-,19+,25-;13?,14-,15+,20-;13?,14-,15+,19-/m111/s1. The van der Waals surface area contributed by atoms with Gasteiger partial charge < -0.3 is 42.5 Å². The van der Waals surface area contributed by atoms with Crippen molar-refractivity contribution in [1.82, 2.24) is 35.0 Å². The average Bonchev–Trinajstić information content (AvgIpc) is 1.69. The third-order valence-electron chi connectivity index (χ3n) is 21.0. The Morgan fingerprint density at radius 2 is 0.768 bits per heavy atom. The molecule has 8 aliphatic rings. The smallest absolute Gasteiger partial charge is 0.261 e. The third kappa shape index (κ3) is 17.8. The summed E-state index contributed by atoms with van der Waals surface area (Å²) in [6.07, 6.45) is 11.3. The third-order valence-corrected chi connectivity index (χ3v) is 23.0. The average molecular weight is 1410 g/mol. The largest absolute Gasteiger partial charge is 0.356 e. The van der Waals surface area contributed by atoms with Crippen LogP contribution in [0.2, 0.25) is 0 Å². The molecule has 7 fully saturated rings. The van der Waals surface area contributed by atoms with Gasteiger partial charge in [-0.1, -0.05) is 12.1 Å². The molecule has 0 radical (unpaired) electrons. The van der Waals surface area contributed by atoms with Crippen molar-refractivity contribution >= 4 is 51.4 Å². The maximum atomic E-state index is 14.1. The van der Waals surface area contributed by atoms with E-state index in [0.29, 0.717) is 74.4 Å². The van der Waals surface area contributed by atoms with Gasteiger partial charge in [-0.25, -0.2) is 52.7 Å². The van der Waals surface area contributed by atoms with E-state index in [1.54, 1.807) is 24.3 Å². The summed E-state index contributed by atoms with van der Waals surface area (Å²) in [5.41, 5.74) is 19.8. The molecule has 538 valence electrons. The molecule has 7 amide bonds. The number of sulfonamides is 1. The molecular weight excluding hydrogens is 1330 g/mol. The zero-order valence-corrected chi connectivity index (χ0v) is 55.8. The monoisotopic (exact) mass is 1410 g/mol. The molecule has 3 unspecified atom stereocenters. The Morgan fingerprint density at radius 1 is 0.455 bits per heavy atom. The molecule has 7 heterocycles. The van der Waals surface area contributed by atoms with Gasteiger partial charge >= 0.3 is 0 Å². The predicted molar refractivity (Wildman–Crippen MR) is 345 cm³/mol. The van der Waals surface area contributed by atoms with Gasteiger partial charge in [-0.05, 0) is 174 Å². The molecule has 19 nitrogen and oxygen atoms in total. The Hall–Kier alpha value is -7.47. The molecule has 1 saturated carbocycles.